The van der Waals surface area contributed by atoms with Crippen LogP contribution in [0.4, 0.5) is 0 Å². The number of benzene rings is 2. The Morgan fingerprint density at radius 2 is 1.81 bits per heavy atom. The van der Waals surface area contributed by atoms with Crippen LogP contribution in [0.1, 0.15) is 50.2 Å². The first-order valence-electron chi connectivity index (χ1n) is 11.4. The fourth-order valence-electron chi connectivity index (χ4n) is 4.04. The first kappa shape index (κ1) is 23.1. The minimum absolute atomic E-state index is 0.0765. The van der Waals surface area contributed by atoms with Gasteiger partial charge in [0.05, 0.1) is 13.2 Å². The quantitative estimate of drug-likeness (QED) is 0.525. The van der Waals surface area contributed by atoms with Crippen molar-refractivity contribution >= 4 is 5.91 Å². The van der Waals surface area contributed by atoms with Crippen LogP contribution in [0.5, 0.6) is 11.5 Å². The second-order valence-electron chi connectivity index (χ2n) is 8.25. The molecule has 0 saturated carbocycles. The molecular weight excluding hydrogens is 390 g/mol. The second kappa shape index (κ2) is 11.8. The predicted octanol–water partition coefficient (Wildman–Crippen LogP) is 4.81. The van der Waals surface area contributed by atoms with Crippen molar-refractivity contribution in [2.75, 3.05) is 33.0 Å². The van der Waals surface area contributed by atoms with E-state index in [4.69, 9.17) is 14.2 Å². The van der Waals surface area contributed by atoms with Crippen molar-refractivity contribution in [2.45, 2.75) is 51.4 Å². The van der Waals surface area contributed by atoms with Crippen LogP contribution < -0.4 is 14.8 Å². The normalized spacial score (nSPS) is 15.3. The average Bonchev–Trinajstić information content (AvgIpc) is 2.79. The van der Waals surface area contributed by atoms with Crippen molar-refractivity contribution in [3.63, 3.8) is 0 Å². The van der Waals surface area contributed by atoms with Crippen LogP contribution in [0, 0.1) is 6.92 Å². The Balaban J connectivity index is 1.44. The van der Waals surface area contributed by atoms with Gasteiger partial charge in [-0.3, -0.25) is 4.79 Å². The molecule has 2 aromatic carbocycles. The molecule has 5 nitrogen and oxygen atoms in total. The number of carbonyl (C=O) groups is 1. The van der Waals surface area contributed by atoms with Crippen molar-refractivity contribution in [1.82, 2.24) is 5.32 Å². The van der Waals surface area contributed by atoms with Crippen molar-refractivity contribution in [3.05, 3.63) is 59.7 Å². The van der Waals surface area contributed by atoms with Gasteiger partial charge in [-0.2, -0.15) is 0 Å². The highest BCUT2D eigenvalue weighted by atomic mass is 16.5. The number of rotatable bonds is 11. The van der Waals surface area contributed by atoms with Crippen LogP contribution in [-0.2, 0) is 14.9 Å². The maximum Gasteiger partial charge on any atom is 0.220 e. The van der Waals surface area contributed by atoms with Gasteiger partial charge in [-0.05, 0) is 74.9 Å². The van der Waals surface area contributed by atoms with Crippen molar-refractivity contribution in [3.8, 4) is 11.5 Å². The van der Waals surface area contributed by atoms with Crippen LogP contribution in [0.25, 0.3) is 0 Å². The zero-order chi connectivity index (χ0) is 21.9. The van der Waals surface area contributed by atoms with E-state index in [1.807, 2.05) is 37.3 Å². The summed E-state index contributed by atoms with van der Waals surface area (Å²) in [5.41, 5.74) is 2.35. The lowest BCUT2D eigenvalue weighted by atomic mass is 9.74. The summed E-state index contributed by atoms with van der Waals surface area (Å²) in [6, 6.07) is 16.3. The Morgan fingerprint density at radius 3 is 2.52 bits per heavy atom. The summed E-state index contributed by atoms with van der Waals surface area (Å²) < 4.78 is 16.9. The molecule has 0 aromatic heterocycles. The number of unbranched alkanes of at least 4 members (excludes halogenated alkanes) is 1. The van der Waals surface area contributed by atoms with E-state index in [2.05, 4.69) is 30.4 Å². The highest BCUT2D eigenvalue weighted by molar-refractivity contribution is 5.76. The summed E-state index contributed by atoms with van der Waals surface area (Å²) in [5, 5.41) is 3.18. The molecule has 1 fully saturated rings. The summed E-state index contributed by atoms with van der Waals surface area (Å²) in [5.74, 6) is 1.87. The fraction of sp³-hybridized carbons (Fsp3) is 0.500. The topological polar surface area (TPSA) is 56.8 Å². The van der Waals surface area contributed by atoms with Gasteiger partial charge >= 0.3 is 0 Å². The van der Waals surface area contributed by atoms with E-state index in [-0.39, 0.29) is 11.3 Å². The number of aryl methyl sites for hydroxylation is 1. The van der Waals surface area contributed by atoms with Gasteiger partial charge < -0.3 is 19.5 Å². The van der Waals surface area contributed by atoms with Gasteiger partial charge in [0.2, 0.25) is 5.91 Å². The molecule has 1 aliphatic rings. The molecule has 0 unspecified atom stereocenters. The lowest BCUT2D eigenvalue weighted by Gasteiger charge is -2.38. The van der Waals surface area contributed by atoms with Crippen molar-refractivity contribution < 1.29 is 19.0 Å². The summed E-state index contributed by atoms with van der Waals surface area (Å²) in [7, 11) is 0. The standard InChI is InChI=1S/C26H35NO4/c1-3-30-23-12-10-22(11-13-23)26(14-17-29-18-15-26)20-27-25(28)9-4-5-16-31-24-8-6-7-21(2)19-24/h6-8,10-13,19H,3-5,9,14-18,20H2,1-2H3,(H,27,28). The number of nitrogens with one attached hydrogen (secondary N) is 1. The summed E-state index contributed by atoms with van der Waals surface area (Å²) >= 11 is 0. The number of ether oxygens (including phenoxy) is 3. The van der Waals surface area contributed by atoms with Crippen LogP contribution >= 0.6 is 0 Å². The lowest BCUT2D eigenvalue weighted by molar-refractivity contribution is -0.121. The van der Waals surface area contributed by atoms with Crippen LogP contribution in [0.3, 0.4) is 0 Å². The Kier molecular flexibility index (Phi) is 8.77. The average molecular weight is 426 g/mol. The molecule has 2 aromatic rings. The maximum atomic E-state index is 12.5. The molecule has 1 aliphatic heterocycles. The first-order valence-corrected chi connectivity index (χ1v) is 11.4. The lowest BCUT2D eigenvalue weighted by Crippen LogP contribution is -2.44. The molecule has 0 spiro atoms. The van der Waals surface area contributed by atoms with Crippen LogP contribution in [0.2, 0.25) is 0 Å². The molecule has 168 valence electrons. The van der Waals surface area contributed by atoms with Crippen LogP contribution in [-0.4, -0.2) is 38.9 Å². The summed E-state index contributed by atoms with van der Waals surface area (Å²) in [6.45, 7) is 7.41. The second-order valence-corrected chi connectivity index (χ2v) is 8.25. The zero-order valence-electron chi connectivity index (χ0n) is 18.8. The molecule has 1 saturated heterocycles. The van der Waals surface area contributed by atoms with E-state index in [1.165, 1.54) is 11.1 Å². The molecule has 3 rings (SSSR count). The van der Waals surface area contributed by atoms with Crippen molar-refractivity contribution in [2.24, 2.45) is 0 Å². The molecule has 0 radical (unpaired) electrons. The van der Waals surface area contributed by atoms with Gasteiger partial charge in [0, 0.05) is 31.6 Å². The predicted molar refractivity (Wildman–Crippen MR) is 123 cm³/mol. The van der Waals surface area contributed by atoms with E-state index >= 15 is 0 Å². The van der Waals surface area contributed by atoms with E-state index in [9.17, 15) is 4.79 Å². The third kappa shape index (κ3) is 7.00. The van der Waals surface area contributed by atoms with Crippen molar-refractivity contribution in [1.29, 1.82) is 0 Å². The number of hydrogen-bond acceptors (Lipinski definition) is 4. The minimum atomic E-state index is -0.0765. The van der Waals surface area contributed by atoms with Gasteiger partial charge in [0.25, 0.3) is 0 Å². The Labute approximate surface area is 186 Å². The van der Waals surface area contributed by atoms with Gasteiger partial charge in [-0.15, -0.1) is 0 Å². The largest absolute Gasteiger partial charge is 0.494 e. The Hall–Kier alpha value is -2.53. The molecule has 31 heavy (non-hydrogen) atoms. The molecule has 5 heteroatoms. The van der Waals surface area contributed by atoms with Gasteiger partial charge in [-0.25, -0.2) is 0 Å². The van der Waals surface area contributed by atoms with E-state index in [0.29, 0.717) is 26.2 Å². The Bertz CT molecular complexity index is 812. The molecule has 1 amide bonds. The number of carbonyl (C=O) groups excluding carboxylic acids is 1. The highest BCUT2D eigenvalue weighted by Crippen LogP contribution is 2.35. The Morgan fingerprint density at radius 1 is 1.03 bits per heavy atom. The molecule has 1 N–H and O–H groups in total. The first-order chi connectivity index (χ1) is 15.1. The fourth-order valence-corrected chi connectivity index (χ4v) is 4.04. The number of hydrogen-bond donors (Lipinski definition) is 1. The smallest absolute Gasteiger partial charge is 0.220 e. The monoisotopic (exact) mass is 425 g/mol. The van der Waals surface area contributed by atoms with E-state index in [0.717, 1.165) is 50.4 Å². The molecule has 0 aliphatic carbocycles. The van der Waals surface area contributed by atoms with E-state index in [1.54, 1.807) is 0 Å². The zero-order valence-corrected chi connectivity index (χ0v) is 18.8. The summed E-state index contributed by atoms with van der Waals surface area (Å²) in [4.78, 5) is 12.5. The SMILES string of the molecule is CCOc1ccc(C2(CNC(=O)CCCCOc3cccc(C)c3)CCOCC2)cc1. The molecular formula is C26H35NO4. The van der Waals surface area contributed by atoms with E-state index < -0.39 is 0 Å². The molecule has 0 bridgehead atoms. The van der Waals surface area contributed by atoms with Crippen LogP contribution in [0.15, 0.2) is 48.5 Å². The summed E-state index contributed by atoms with van der Waals surface area (Å²) in [6.07, 6.45) is 4.01. The maximum absolute atomic E-state index is 12.5. The van der Waals surface area contributed by atoms with Gasteiger partial charge in [-0.1, -0.05) is 24.3 Å². The van der Waals surface area contributed by atoms with Gasteiger partial charge in [0.15, 0.2) is 0 Å². The third-order valence-electron chi connectivity index (χ3n) is 5.91. The molecule has 1 heterocycles. The highest BCUT2D eigenvalue weighted by Gasteiger charge is 2.34. The minimum Gasteiger partial charge on any atom is -0.494 e. The third-order valence-corrected chi connectivity index (χ3v) is 5.91. The number of amides is 1. The van der Waals surface area contributed by atoms with Gasteiger partial charge in [0.1, 0.15) is 11.5 Å². The molecule has 0 atom stereocenters.